The molecule has 1 fully saturated rings. The Labute approximate surface area is 113 Å². The first kappa shape index (κ1) is 13.8. The van der Waals surface area contributed by atoms with E-state index in [-0.39, 0.29) is 12.1 Å². The molecular formula is C14H21N3O2. The van der Waals surface area contributed by atoms with E-state index in [0.717, 1.165) is 25.0 Å². The lowest BCUT2D eigenvalue weighted by atomic mass is 10.1. The van der Waals surface area contributed by atoms with Gasteiger partial charge in [0.1, 0.15) is 0 Å². The van der Waals surface area contributed by atoms with Crippen LogP contribution in [0.25, 0.3) is 0 Å². The smallest absolute Gasteiger partial charge is 0.315 e. The number of rotatable bonds is 5. The number of nitrogens with two attached hydrogens (primary N) is 1. The second-order valence-electron chi connectivity index (χ2n) is 4.74. The number of hydrogen-bond acceptors (Lipinski definition) is 3. The third kappa shape index (κ3) is 4.54. The molecule has 1 aromatic rings. The van der Waals surface area contributed by atoms with Gasteiger partial charge in [-0.15, -0.1) is 0 Å². The van der Waals surface area contributed by atoms with Crippen LogP contribution in [-0.4, -0.2) is 31.8 Å². The number of carbonyl (C=O) groups is 1. The van der Waals surface area contributed by atoms with Gasteiger partial charge in [0.05, 0.1) is 12.6 Å². The van der Waals surface area contributed by atoms with Crippen molar-refractivity contribution in [1.82, 2.24) is 10.6 Å². The molecule has 1 unspecified atom stereocenters. The van der Waals surface area contributed by atoms with Crippen LogP contribution in [0.3, 0.4) is 0 Å². The highest BCUT2D eigenvalue weighted by Crippen LogP contribution is 2.05. The van der Waals surface area contributed by atoms with Gasteiger partial charge in [0.2, 0.25) is 0 Å². The fourth-order valence-electron chi connectivity index (χ4n) is 2.06. The predicted octanol–water partition coefficient (Wildman–Crippen LogP) is 0.776. The quantitative estimate of drug-likeness (QED) is 0.734. The molecule has 1 aliphatic rings. The maximum absolute atomic E-state index is 11.6. The van der Waals surface area contributed by atoms with Crippen LogP contribution in [-0.2, 0) is 17.7 Å². The van der Waals surface area contributed by atoms with Crippen molar-refractivity contribution in [2.75, 3.05) is 19.8 Å². The molecule has 4 N–H and O–H groups in total. The molecule has 1 aliphatic heterocycles. The minimum Gasteiger partial charge on any atom is -0.379 e. The molecule has 0 bridgehead atoms. The van der Waals surface area contributed by atoms with Gasteiger partial charge in [0.25, 0.3) is 0 Å². The summed E-state index contributed by atoms with van der Waals surface area (Å²) in [5, 5.41) is 5.74. The molecule has 1 aromatic carbocycles. The van der Waals surface area contributed by atoms with Crippen molar-refractivity contribution < 1.29 is 9.53 Å². The zero-order valence-electron chi connectivity index (χ0n) is 11.0. The summed E-state index contributed by atoms with van der Waals surface area (Å²) in [6, 6.07) is 8.14. The van der Waals surface area contributed by atoms with Gasteiger partial charge >= 0.3 is 6.03 Å². The third-order valence-corrected chi connectivity index (χ3v) is 3.17. The Morgan fingerprint density at radius 3 is 2.68 bits per heavy atom. The molecule has 0 saturated carbocycles. The molecule has 19 heavy (non-hydrogen) atoms. The van der Waals surface area contributed by atoms with Gasteiger partial charge in [0.15, 0.2) is 0 Å². The average molecular weight is 263 g/mol. The predicted molar refractivity (Wildman–Crippen MR) is 73.8 cm³/mol. The van der Waals surface area contributed by atoms with Crippen LogP contribution in [0, 0.1) is 0 Å². The van der Waals surface area contributed by atoms with E-state index in [1.807, 2.05) is 24.3 Å². The number of hydrogen-bond donors (Lipinski definition) is 3. The average Bonchev–Trinajstić information content (AvgIpc) is 2.91. The molecule has 0 radical (unpaired) electrons. The van der Waals surface area contributed by atoms with Crippen molar-refractivity contribution in [3.63, 3.8) is 0 Å². The maximum Gasteiger partial charge on any atom is 0.315 e. The highest BCUT2D eigenvalue weighted by atomic mass is 16.5. The molecule has 5 nitrogen and oxygen atoms in total. The summed E-state index contributed by atoms with van der Waals surface area (Å²) in [5.74, 6) is 0. The van der Waals surface area contributed by atoms with Crippen molar-refractivity contribution in [3.8, 4) is 0 Å². The Balaban J connectivity index is 1.73. The zero-order chi connectivity index (χ0) is 13.5. The van der Waals surface area contributed by atoms with E-state index in [2.05, 4.69) is 10.6 Å². The van der Waals surface area contributed by atoms with Gasteiger partial charge in [-0.3, -0.25) is 0 Å². The number of amides is 2. The second-order valence-corrected chi connectivity index (χ2v) is 4.74. The molecule has 0 aliphatic carbocycles. The van der Waals surface area contributed by atoms with Crippen LogP contribution in [0.15, 0.2) is 24.3 Å². The van der Waals surface area contributed by atoms with Crippen LogP contribution in [0.5, 0.6) is 0 Å². The SMILES string of the molecule is NCCc1ccc(CNC(=O)NC2CCOC2)cc1. The lowest BCUT2D eigenvalue weighted by Crippen LogP contribution is -2.42. The first-order valence-electron chi connectivity index (χ1n) is 6.68. The number of nitrogens with one attached hydrogen (secondary N) is 2. The van der Waals surface area contributed by atoms with E-state index >= 15 is 0 Å². The Morgan fingerprint density at radius 2 is 2.05 bits per heavy atom. The topological polar surface area (TPSA) is 76.4 Å². The Morgan fingerprint density at radius 1 is 1.32 bits per heavy atom. The van der Waals surface area contributed by atoms with Crippen LogP contribution < -0.4 is 16.4 Å². The number of urea groups is 1. The highest BCUT2D eigenvalue weighted by Gasteiger charge is 2.17. The Bertz CT molecular complexity index is 400. The summed E-state index contributed by atoms with van der Waals surface area (Å²) in [4.78, 5) is 11.6. The van der Waals surface area contributed by atoms with Gasteiger partial charge in [-0.25, -0.2) is 4.79 Å². The monoisotopic (exact) mass is 263 g/mol. The van der Waals surface area contributed by atoms with Crippen molar-refractivity contribution in [2.45, 2.75) is 25.4 Å². The molecule has 2 rings (SSSR count). The summed E-state index contributed by atoms with van der Waals surface area (Å²) in [6.45, 7) is 2.53. The number of benzene rings is 1. The maximum atomic E-state index is 11.6. The van der Waals surface area contributed by atoms with E-state index < -0.39 is 0 Å². The second kappa shape index (κ2) is 7.11. The number of carbonyl (C=O) groups excluding carboxylic acids is 1. The first-order valence-corrected chi connectivity index (χ1v) is 6.68. The Kier molecular flexibility index (Phi) is 5.18. The van der Waals surface area contributed by atoms with E-state index in [1.165, 1.54) is 5.56 Å². The van der Waals surface area contributed by atoms with Crippen LogP contribution >= 0.6 is 0 Å². The molecule has 5 heteroatoms. The molecule has 0 spiro atoms. The van der Waals surface area contributed by atoms with Gasteiger partial charge in [0, 0.05) is 13.2 Å². The summed E-state index contributed by atoms with van der Waals surface area (Å²) in [6.07, 6.45) is 1.77. The molecule has 1 atom stereocenters. The van der Waals surface area contributed by atoms with Crippen molar-refractivity contribution in [1.29, 1.82) is 0 Å². The molecule has 104 valence electrons. The largest absolute Gasteiger partial charge is 0.379 e. The standard InChI is InChI=1S/C14H21N3O2/c15-7-5-11-1-3-12(4-2-11)9-16-14(18)17-13-6-8-19-10-13/h1-4,13H,5-10,15H2,(H2,16,17,18). The zero-order valence-corrected chi connectivity index (χ0v) is 11.0. The van der Waals surface area contributed by atoms with Gasteiger partial charge < -0.3 is 21.1 Å². The minimum atomic E-state index is -0.137. The number of ether oxygens (including phenoxy) is 1. The minimum absolute atomic E-state index is 0.137. The van der Waals surface area contributed by atoms with Crippen LogP contribution in [0.4, 0.5) is 4.79 Å². The van der Waals surface area contributed by atoms with Gasteiger partial charge in [-0.2, -0.15) is 0 Å². The fraction of sp³-hybridized carbons (Fsp3) is 0.500. The summed E-state index contributed by atoms with van der Waals surface area (Å²) < 4.78 is 5.20. The lowest BCUT2D eigenvalue weighted by molar-refractivity contribution is 0.188. The van der Waals surface area contributed by atoms with Crippen molar-refractivity contribution in [2.24, 2.45) is 5.73 Å². The van der Waals surface area contributed by atoms with E-state index in [9.17, 15) is 4.79 Å². The highest BCUT2D eigenvalue weighted by molar-refractivity contribution is 5.74. The van der Waals surface area contributed by atoms with E-state index in [4.69, 9.17) is 10.5 Å². The van der Waals surface area contributed by atoms with Crippen molar-refractivity contribution >= 4 is 6.03 Å². The molecular weight excluding hydrogens is 242 g/mol. The molecule has 1 heterocycles. The Hall–Kier alpha value is -1.59. The molecule has 1 saturated heterocycles. The first-order chi connectivity index (χ1) is 9.28. The summed E-state index contributed by atoms with van der Waals surface area (Å²) in [5.41, 5.74) is 7.80. The third-order valence-electron chi connectivity index (χ3n) is 3.17. The fourth-order valence-corrected chi connectivity index (χ4v) is 2.06. The summed E-state index contributed by atoms with van der Waals surface area (Å²) >= 11 is 0. The van der Waals surface area contributed by atoms with E-state index in [0.29, 0.717) is 19.7 Å². The van der Waals surface area contributed by atoms with E-state index in [1.54, 1.807) is 0 Å². The molecule has 0 aromatic heterocycles. The molecule has 2 amide bonds. The van der Waals surface area contributed by atoms with Crippen LogP contribution in [0.2, 0.25) is 0 Å². The van der Waals surface area contributed by atoms with Gasteiger partial charge in [-0.05, 0) is 30.5 Å². The normalized spacial score (nSPS) is 18.3. The van der Waals surface area contributed by atoms with Gasteiger partial charge in [-0.1, -0.05) is 24.3 Å². The van der Waals surface area contributed by atoms with Crippen molar-refractivity contribution in [3.05, 3.63) is 35.4 Å². The van der Waals surface area contributed by atoms with Crippen LogP contribution in [0.1, 0.15) is 17.5 Å². The lowest BCUT2D eigenvalue weighted by Gasteiger charge is -2.12. The summed E-state index contributed by atoms with van der Waals surface area (Å²) in [7, 11) is 0.